The summed E-state index contributed by atoms with van der Waals surface area (Å²) in [5.74, 6) is -0.198. The van der Waals surface area contributed by atoms with Crippen LogP contribution in [0.4, 0.5) is 11.4 Å². The number of carbonyl (C=O) groups excluding carboxylic acids is 2. The highest BCUT2D eigenvalue weighted by Gasteiger charge is 2.07. The molecule has 2 amide bonds. The first-order valence-electron chi connectivity index (χ1n) is 7.05. The van der Waals surface area contributed by atoms with Gasteiger partial charge in [0.1, 0.15) is 0 Å². The minimum Gasteiger partial charge on any atom is -0.328 e. The predicted octanol–water partition coefficient (Wildman–Crippen LogP) is 3.49. The van der Waals surface area contributed by atoms with E-state index in [9.17, 15) is 9.59 Å². The fourth-order valence-corrected chi connectivity index (χ4v) is 2.44. The van der Waals surface area contributed by atoms with Crippen molar-refractivity contribution in [2.75, 3.05) is 10.6 Å². The van der Waals surface area contributed by atoms with E-state index in [0.29, 0.717) is 29.1 Å². The Morgan fingerprint density at radius 1 is 1.13 bits per heavy atom. The van der Waals surface area contributed by atoms with E-state index >= 15 is 0 Å². The number of hydrogen-bond acceptors (Lipinski definition) is 4. The summed E-state index contributed by atoms with van der Waals surface area (Å²) in [7, 11) is 0. The van der Waals surface area contributed by atoms with Crippen molar-refractivity contribution in [1.82, 2.24) is 0 Å². The maximum Gasteiger partial charge on any atom is 0.265 e. The fraction of sp³-hybridized carbons (Fsp3) is 0.250. The second-order valence-electron chi connectivity index (χ2n) is 5.07. The minimum atomic E-state index is -0.135. The number of benzene rings is 1. The second kappa shape index (κ2) is 9.29. The molecule has 23 heavy (non-hydrogen) atoms. The molecule has 7 heteroatoms. The van der Waals surface area contributed by atoms with Crippen LogP contribution in [0.15, 0.2) is 41.8 Å². The van der Waals surface area contributed by atoms with Gasteiger partial charge in [-0.05, 0) is 49.1 Å². The Morgan fingerprint density at radius 2 is 1.74 bits per heavy atom. The lowest BCUT2D eigenvalue weighted by Crippen LogP contribution is -2.19. The summed E-state index contributed by atoms with van der Waals surface area (Å²) in [5.41, 5.74) is 7.01. The molecule has 2 aromatic rings. The number of nitrogens with one attached hydrogen (secondary N) is 2. The Kier molecular flexibility index (Phi) is 7.74. The first kappa shape index (κ1) is 19.2. The average Bonchev–Trinajstić information content (AvgIpc) is 3.01. The Bertz CT molecular complexity index is 627. The van der Waals surface area contributed by atoms with Gasteiger partial charge in [-0.25, -0.2) is 0 Å². The van der Waals surface area contributed by atoms with Crippen LogP contribution in [0.1, 0.15) is 29.4 Å². The van der Waals surface area contributed by atoms with Crippen molar-refractivity contribution in [3.63, 3.8) is 0 Å². The Labute approximate surface area is 145 Å². The van der Waals surface area contributed by atoms with Crippen LogP contribution < -0.4 is 16.4 Å². The number of rotatable bonds is 6. The molecular weight excluding hydrogens is 334 g/mol. The normalized spacial score (nSPS) is 11.2. The van der Waals surface area contributed by atoms with Crippen LogP contribution in [0.2, 0.25) is 0 Å². The number of thiophene rings is 1. The first-order valence-corrected chi connectivity index (χ1v) is 7.93. The molecule has 1 aromatic carbocycles. The van der Waals surface area contributed by atoms with Crippen LogP contribution in [0, 0.1) is 0 Å². The molecule has 2 rings (SSSR count). The van der Waals surface area contributed by atoms with Crippen LogP contribution in [0.5, 0.6) is 0 Å². The van der Waals surface area contributed by atoms with Gasteiger partial charge in [0.2, 0.25) is 5.91 Å². The van der Waals surface area contributed by atoms with Gasteiger partial charge in [0, 0.05) is 23.8 Å². The van der Waals surface area contributed by atoms with Crippen molar-refractivity contribution in [3.8, 4) is 0 Å². The van der Waals surface area contributed by atoms with E-state index in [4.69, 9.17) is 5.73 Å². The topological polar surface area (TPSA) is 84.2 Å². The van der Waals surface area contributed by atoms with Gasteiger partial charge in [0.05, 0.1) is 4.88 Å². The highest BCUT2D eigenvalue weighted by atomic mass is 35.5. The third-order valence-electron chi connectivity index (χ3n) is 3.00. The molecule has 1 atom stereocenters. The third-order valence-corrected chi connectivity index (χ3v) is 3.87. The molecule has 1 aromatic heterocycles. The van der Waals surface area contributed by atoms with Crippen LogP contribution >= 0.6 is 23.7 Å². The lowest BCUT2D eigenvalue weighted by molar-refractivity contribution is -0.116. The van der Waals surface area contributed by atoms with Crippen molar-refractivity contribution in [2.45, 2.75) is 25.8 Å². The van der Waals surface area contributed by atoms with Crippen molar-refractivity contribution in [1.29, 1.82) is 0 Å². The lowest BCUT2D eigenvalue weighted by atomic mass is 10.2. The molecule has 124 valence electrons. The van der Waals surface area contributed by atoms with Gasteiger partial charge in [0.15, 0.2) is 0 Å². The van der Waals surface area contributed by atoms with Crippen LogP contribution in [0.25, 0.3) is 0 Å². The molecule has 0 aliphatic rings. The molecule has 0 aliphatic carbocycles. The molecule has 0 saturated heterocycles. The Hall–Kier alpha value is -1.89. The Balaban J connectivity index is 0.00000264. The van der Waals surface area contributed by atoms with E-state index in [0.717, 1.165) is 0 Å². The van der Waals surface area contributed by atoms with Crippen molar-refractivity contribution in [2.24, 2.45) is 5.73 Å². The molecule has 0 fully saturated rings. The van der Waals surface area contributed by atoms with Gasteiger partial charge in [0.25, 0.3) is 5.91 Å². The van der Waals surface area contributed by atoms with Crippen LogP contribution in [-0.2, 0) is 4.79 Å². The standard InChI is InChI=1S/C16H19N3O2S.ClH/c1-11(17)4-9-15(20)18-12-5-7-13(8-6-12)19-16(21)14-3-2-10-22-14;/h2-3,5-8,10-11H,4,9,17H2,1H3,(H,18,20)(H,19,21);1H. The molecule has 0 aliphatic heterocycles. The molecule has 5 nitrogen and oxygen atoms in total. The van der Waals surface area contributed by atoms with Gasteiger partial charge >= 0.3 is 0 Å². The van der Waals surface area contributed by atoms with Crippen LogP contribution in [0.3, 0.4) is 0 Å². The van der Waals surface area contributed by atoms with E-state index < -0.39 is 0 Å². The quantitative estimate of drug-likeness (QED) is 0.743. The molecule has 0 spiro atoms. The maximum absolute atomic E-state index is 11.9. The minimum absolute atomic E-state index is 0. The number of halogens is 1. The zero-order chi connectivity index (χ0) is 15.9. The summed E-state index contributed by atoms with van der Waals surface area (Å²) < 4.78 is 0. The third kappa shape index (κ3) is 6.40. The van der Waals surface area contributed by atoms with E-state index in [-0.39, 0.29) is 30.3 Å². The molecular formula is C16H20ClN3O2S. The molecule has 4 N–H and O–H groups in total. The van der Waals surface area contributed by atoms with Crippen molar-refractivity contribution in [3.05, 3.63) is 46.7 Å². The van der Waals surface area contributed by atoms with Gasteiger partial charge in [-0.2, -0.15) is 0 Å². The van der Waals surface area contributed by atoms with Crippen molar-refractivity contribution >= 4 is 46.9 Å². The monoisotopic (exact) mass is 353 g/mol. The van der Waals surface area contributed by atoms with E-state index in [1.54, 1.807) is 30.3 Å². The molecule has 0 radical (unpaired) electrons. The number of carbonyl (C=O) groups is 2. The van der Waals surface area contributed by atoms with Gasteiger partial charge in [-0.15, -0.1) is 23.7 Å². The summed E-state index contributed by atoms with van der Waals surface area (Å²) in [5, 5.41) is 7.46. The number of hydrogen-bond donors (Lipinski definition) is 3. The first-order chi connectivity index (χ1) is 10.5. The number of anilines is 2. The van der Waals surface area contributed by atoms with E-state index in [1.165, 1.54) is 11.3 Å². The predicted molar refractivity (Wildman–Crippen MR) is 97.5 cm³/mol. The van der Waals surface area contributed by atoms with E-state index in [2.05, 4.69) is 10.6 Å². The summed E-state index contributed by atoms with van der Waals surface area (Å²) in [6.45, 7) is 1.87. The summed E-state index contributed by atoms with van der Waals surface area (Å²) in [4.78, 5) is 24.3. The lowest BCUT2D eigenvalue weighted by Gasteiger charge is -2.08. The number of amides is 2. The van der Waals surface area contributed by atoms with Gasteiger partial charge in [-0.3, -0.25) is 9.59 Å². The molecule has 0 bridgehead atoms. The average molecular weight is 354 g/mol. The maximum atomic E-state index is 11.9. The molecule has 1 heterocycles. The fourth-order valence-electron chi connectivity index (χ4n) is 1.82. The molecule has 1 unspecified atom stereocenters. The smallest absolute Gasteiger partial charge is 0.265 e. The number of nitrogens with two attached hydrogens (primary N) is 1. The SMILES string of the molecule is CC(N)CCC(=O)Nc1ccc(NC(=O)c2cccs2)cc1.Cl. The largest absolute Gasteiger partial charge is 0.328 e. The highest BCUT2D eigenvalue weighted by molar-refractivity contribution is 7.12. The highest BCUT2D eigenvalue weighted by Crippen LogP contribution is 2.16. The summed E-state index contributed by atoms with van der Waals surface area (Å²) >= 11 is 1.39. The summed E-state index contributed by atoms with van der Waals surface area (Å²) in [6.07, 6.45) is 1.05. The summed E-state index contributed by atoms with van der Waals surface area (Å²) in [6, 6.07) is 10.6. The van der Waals surface area contributed by atoms with Crippen LogP contribution in [-0.4, -0.2) is 17.9 Å². The molecule has 0 saturated carbocycles. The van der Waals surface area contributed by atoms with Crippen molar-refractivity contribution < 1.29 is 9.59 Å². The Morgan fingerprint density at radius 3 is 2.26 bits per heavy atom. The van der Waals surface area contributed by atoms with Gasteiger partial charge < -0.3 is 16.4 Å². The zero-order valence-corrected chi connectivity index (χ0v) is 14.4. The van der Waals surface area contributed by atoms with E-state index in [1.807, 2.05) is 18.4 Å². The van der Waals surface area contributed by atoms with Gasteiger partial charge in [-0.1, -0.05) is 6.07 Å². The zero-order valence-electron chi connectivity index (χ0n) is 12.7. The second-order valence-corrected chi connectivity index (χ2v) is 6.02.